The third-order valence-electron chi connectivity index (χ3n) is 6.78. The molecule has 4 aromatic rings. The third kappa shape index (κ3) is 3.88. The average molecular weight is 476 g/mol. The van der Waals surface area contributed by atoms with Gasteiger partial charge in [-0.25, -0.2) is 9.36 Å². The number of aryl methyl sites for hydroxylation is 2. The quantitative estimate of drug-likeness (QED) is 0.388. The van der Waals surface area contributed by atoms with Crippen molar-refractivity contribution in [1.82, 2.24) is 35.1 Å². The van der Waals surface area contributed by atoms with Crippen LogP contribution >= 0.6 is 0 Å². The Morgan fingerprint density at radius 3 is 2.86 bits per heavy atom. The molecule has 2 aliphatic rings. The van der Waals surface area contributed by atoms with Gasteiger partial charge in [0.2, 0.25) is 11.8 Å². The minimum absolute atomic E-state index is 0.141. The molecule has 0 radical (unpaired) electrons. The van der Waals surface area contributed by atoms with Crippen LogP contribution in [-0.4, -0.2) is 67.3 Å². The lowest BCUT2D eigenvalue weighted by molar-refractivity contribution is 0.0740. The van der Waals surface area contributed by atoms with Gasteiger partial charge in [0.05, 0.1) is 59.6 Å². The van der Waals surface area contributed by atoms with Crippen molar-refractivity contribution in [1.29, 1.82) is 0 Å². The Balaban J connectivity index is 1.46. The van der Waals surface area contributed by atoms with Gasteiger partial charge in [0.15, 0.2) is 0 Å². The van der Waals surface area contributed by atoms with E-state index in [1.54, 1.807) is 4.68 Å². The standard InChI is InChI=1S/C25H29N7O3/c1-15-17-5-7-21-18-12-16(4-6-20(18)28-29-21)19-13-27-31(2)24(19)34-10-3-11-35-25(17)32(30-15)22-8-9-26-14-23(22)33/h4-7,12-13,22-23,26,33H,3,8-11,14H2,1-2H3,(H,28,29)/b7-5+/t22?,23-/m0/s1. The molecule has 0 aliphatic carbocycles. The zero-order chi connectivity index (χ0) is 23.9. The van der Waals surface area contributed by atoms with Crippen LogP contribution in [0.15, 0.2) is 24.4 Å². The van der Waals surface area contributed by atoms with Crippen LogP contribution in [0.1, 0.15) is 35.8 Å². The van der Waals surface area contributed by atoms with Gasteiger partial charge in [-0.15, -0.1) is 0 Å². The van der Waals surface area contributed by atoms with E-state index in [9.17, 15) is 5.11 Å². The highest BCUT2D eigenvalue weighted by Crippen LogP contribution is 2.34. The number of rotatable bonds is 1. The molecule has 10 nitrogen and oxygen atoms in total. The maximum absolute atomic E-state index is 10.7. The molecule has 6 rings (SSSR count). The van der Waals surface area contributed by atoms with E-state index < -0.39 is 6.10 Å². The molecule has 182 valence electrons. The molecule has 0 spiro atoms. The lowest BCUT2D eigenvalue weighted by Crippen LogP contribution is -2.42. The van der Waals surface area contributed by atoms with Crippen molar-refractivity contribution in [3.63, 3.8) is 0 Å². The number of ether oxygens (including phenoxy) is 2. The summed E-state index contributed by atoms with van der Waals surface area (Å²) in [5, 5.41) is 31.7. The number of aliphatic hydroxyl groups is 1. The van der Waals surface area contributed by atoms with Gasteiger partial charge < -0.3 is 19.9 Å². The first-order valence-electron chi connectivity index (χ1n) is 12.0. The van der Waals surface area contributed by atoms with E-state index in [1.807, 2.05) is 49.1 Å². The largest absolute Gasteiger partial charge is 0.477 e. The lowest BCUT2D eigenvalue weighted by Gasteiger charge is -2.29. The van der Waals surface area contributed by atoms with Crippen molar-refractivity contribution in [2.24, 2.45) is 7.05 Å². The van der Waals surface area contributed by atoms with Crippen LogP contribution in [0.3, 0.4) is 0 Å². The number of hydrogen-bond acceptors (Lipinski definition) is 7. The minimum Gasteiger partial charge on any atom is -0.477 e. The Bertz CT molecular complexity index is 1400. The average Bonchev–Trinajstić information content (AvgIpc) is 3.52. The second kappa shape index (κ2) is 8.86. The zero-order valence-electron chi connectivity index (χ0n) is 19.9. The van der Waals surface area contributed by atoms with Gasteiger partial charge in [-0.05, 0) is 49.7 Å². The number of H-pyrrole nitrogens is 1. The SMILES string of the molecule is Cc1nn(C2CCNC[C@@H]2O)c2c1/C=C/c1[nH]nc3ccc(cc13)-c1cnn(C)c1OCCCO2. The van der Waals surface area contributed by atoms with Gasteiger partial charge in [-0.1, -0.05) is 6.07 Å². The molecule has 0 saturated carbocycles. The molecule has 1 fully saturated rings. The van der Waals surface area contributed by atoms with E-state index in [1.165, 1.54) is 0 Å². The third-order valence-corrected chi connectivity index (χ3v) is 6.78. The number of nitrogens with one attached hydrogen (secondary N) is 2. The normalized spacial score (nSPS) is 21.5. The van der Waals surface area contributed by atoms with Crippen molar-refractivity contribution in [3.05, 3.63) is 41.3 Å². The van der Waals surface area contributed by atoms with Crippen LogP contribution < -0.4 is 14.8 Å². The molecule has 3 aromatic heterocycles. The fraction of sp³-hybridized carbons (Fsp3) is 0.400. The topological polar surface area (TPSA) is 115 Å². The molecule has 2 aliphatic heterocycles. The number of nitrogens with zero attached hydrogens (tertiary/aromatic N) is 5. The highest BCUT2D eigenvalue weighted by Gasteiger charge is 2.29. The Kier molecular flexibility index (Phi) is 5.54. The van der Waals surface area contributed by atoms with Crippen LogP contribution in [0.2, 0.25) is 0 Å². The van der Waals surface area contributed by atoms with Crippen molar-refractivity contribution < 1.29 is 14.6 Å². The second-order valence-electron chi connectivity index (χ2n) is 9.12. The van der Waals surface area contributed by atoms with E-state index in [-0.39, 0.29) is 6.04 Å². The van der Waals surface area contributed by atoms with Gasteiger partial charge in [0, 0.05) is 25.4 Å². The first kappa shape index (κ1) is 21.9. The molecule has 35 heavy (non-hydrogen) atoms. The lowest BCUT2D eigenvalue weighted by atomic mass is 10.0. The number of aromatic nitrogens is 6. The number of benzene rings is 1. The summed E-state index contributed by atoms with van der Waals surface area (Å²) in [5.74, 6) is 1.39. The zero-order valence-corrected chi connectivity index (χ0v) is 19.9. The van der Waals surface area contributed by atoms with E-state index in [2.05, 4.69) is 26.7 Å². The molecule has 3 N–H and O–H groups in total. The van der Waals surface area contributed by atoms with Crippen LogP contribution in [0.25, 0.3) is 34.2 Å². The van der Waals surface area contributed by atoms with E-state index in [4.69, 9.17) is 14.6 Å². The molecule has 1 unspecified atom stereocenters. The Morgan fingerprint density at radius 2 is 2.00 bits per heavy atom. The predicted molar refractivity (Wildman–Crippen MR) is 132 cm³/mol. The van der Waals surface area contributed by atoms with Gasteiger partial charge in [-0.2, -0.15) is 15.3 Å². The molecular formula is C25H29N7O3. The monoisotopic (exact) mass is 475 g/mol. The van der Waals surface area contributed by atoms with Crippen molar-refractivity contribution >= 4 is 23.1 Å². The summed E-state index contributed by atoms with van der Waals surface area (Å²) in [7, 11) is 1.88. The number of β-amino-alcohol motifs (C(OH)–C–C–N with tert-alkyl or cyclic N) is 1. The van der Waals surface area contributed by atoms with Gasteiger partial charge in [0.1, 0.15) is 0 Å². The summed E-state index contributed by atoms with van der Waals surface area (Å²) in [6.07, 6.45) is 6.81. The maximum atomic E-state index is 10.7. The second-order valence-corrected chi connectivity index (χ2v) is 9.12. The van der Waals surface area contributed by atoms with Crippen LogP contribution in [-0.2, 0) is 7.05 Å². The fourth-order valence-corrected chi connectivity index (χ4v) is 4.90. The van der Waals surface area contributed by atoms with Crippen LogP contribution in [0.4, 0.5) is 0 Å². The summed E-state index contributed by atoms with van der Waals surface area (Å²) in [6, 6.07) is 6.02. The summed E-state index contributed by atoms with van der Waals surface area (Å²) in [5.41, 5.74) is 5.49. The highest BCUT2D eigenvalue weighted by atomic mass is 16.5. The van der Waals surface area contributed by atoms with Crippen molar-refractivity contribution in [2.75, 3.05) is 26.3 Å². The Morgan fingerprint density at radius 1 is 1.14 bits per heavy atom. The number of aliphatic hydroxyl groups excluding tert-OH is 1. The van der Waals surface area contributed by atoms with Gasteiger partial charge in [-0.3, -0.25) is 5.10 Å². The highest BCUT2D eigenvalue weighted by molar-refractivity contribution is 5.93. The fourth-order valence-electron chi connectivity index (χ4n) is 4.90. The maximum Gasteiger partial charge on any atom is 0.219 e. The first-order chi connectivity index (χ1) is 17.1. The number of aromatic amines is 1. The van der Waals surface area contributed by atoms with E-state index in [0.717, 1.165) is 57.8 Å². The van der Waals surface area contributed by atoms with Crippen molar-refractivity contribution in [2.45, 2.75) is 31.9 Å². The molecule has 5 heterocycles. The molecular weight excluding hydrogens is 446 g/mol. The number of piperidine rings is 1. The number of fused-ring (bicyclic) bond motifs is 4. The van der Waals surface area contributed by atoms with Gasteiger partial charge >= 0.3 is 0 Å². The predicted octanol–water partition coefficient (Wildman–Crippen LogP) is 2.70. The van der Waals surface area contributed by atoms with Crippen LogP contribution in [0, 0.1) is 6.92 Å². The number of hydrogen-bond donors (Lipinski definition) is 3. The first-order valence-corrected chi connectivity index (χ1v) is 12.0. The van der Waals surface area contributed by atoms with Gasteiger partial charge in [0.25, 0.3) is 0 Å². The summed E-state index contributed by atoms with van der Waals surface area (Å²) in [6.45, 7) is 4.29. The summed E-state index contributed by atoms with van der Waals surface area (Å²) < 4.78 is 16.1. The molecule has 1 aromatic carbocycles. The molecule has 10 heteroatoms. The van der Waals surface area contributed by atoms with Crippen molar-refractivity contribution in [3.8, 4) is 22.9 Å². The Hall–Kier alpha value is -3.63. The molecule has 0 amide bonds. The van der Waals surface area contributed by atoms with E-state index in [0.29, 0.717) is 32.1 Å². The summed E-state index contributed by atoms with van der Waals surface area (Å²) >= 11 is 0. The smallest absolute Gasteiger partial charge is 0.219 e. The van der Waals surface area contributed by atoms with E-state index >= 15 is 0 Å². The van der Waals surface area contributed by atoms with Crippen LogP contribution in [0.5, 0.6) is 11.8 Å². The molecule has 1 saturated heterocycles. The molecule has 2 atom stereocenters. The minimum atomic E-state index is -0.530. The Labute approximate surface area is 202 Å². The molecule has 2 bridgehead atoms. The summed E-state index contributed by atoms with van der Waals surface area (Å²) in [4.78, 5) is 0.